The summed E-state index contributed by atoms with van der Waals surface area (Å²) in [4.78, 5) is 0. The maximum Gasteiger partial charge on any atom is 0.387 e. The molecule has 0 unspecified atom stereocenters. The number of halogens is 2. The fourth-order valence-corrected chi connectivity index (χ4v) is 2.83. The molecular formula is C16H23F2NO. The van der Waals surface area contributed by atoms with E-state index in [4.69, 9.17) is 0 Å². The zero-order valence-corrected chi connectivity index (χ0v) is 11.9. The molecule has 2 nitrogen and oxygen atoms in total. The average Bonchev–Trinajstić information content (AvgIpc) is 2.46. The molecule has 0 heterocycles. The Morgan fingerprint density at radius 2 is 1.80 bits per heavy atom. The molecule has 0 aliphatic heterocycles. The van der Waals surface area contributed by atoms with Gasteiger partial charge < -0.3 is 10.1 Å². The van der Waals surface area contributed by atoms with Crippen LogP contribution in [0.2, 0.25) is 0 Å². The first-order chi connectivity index (χ1) is 9.67. The Hall–Kier alpha value is -1.16. The van der Waals surface area contributed by atoms with Crippen LogP contribution in [0.1, 0.15) is 44.6 Å². The van der Waals surface area contributed by atoms with Crippen molar-refractivity contribution in [1.82, 2.24) is 5.32 Å². The summed E-state index contributed by atoms with van der Waals surface area (Å²) >= 11 is 0. The van der Waals surface area contributed by atoms with Gasteiger partial charge in [-0.15, -0.1) is 0 Å². The van der Waals surface area contributed by atoms with Gasteiger partial charge in [0.15, 0.2) is 0 Å². The van der Waals surface area contributed by atoms with E-state index in [-0.39, 0.29) is 5.75 Å². The Kier molecular flexibility index (Phi) is 5.77. The van der Waals surface area contributed by atoms with Crippen molar-refractivity contribution < 1.29 is 13.5 Å². The maximum atomic E-state index is 12.0. The summed E-state index contributed by atoms with van der Waals surface area (Å²) in [6, 6.07) is 7.45. The van der Waals surface area contributed by atoms with Gasteiger partial charge in [0, 0.05) is 12.6 Å². The molecule has 0 saturated heterocycles. The molecule has 0 amide bonds. The minimum absolute atomic E-state index is 0.215. The standard InChI is InChI=1S/C16H23F2NO/c1-2-12-3-7-14(8-4-12)19-11-13-5-9-15(10-6-13)20-16(17)18/h5-6,9-10,12,14,16,19H,2-4,7-8,11H2,1H3. The van der Waals surface area contributed by atoms with Gasteiger partial charge in [-0.1, -0.05) is 25.5 Å². The summed E-state index contributed by atoms with van der Waals surface area (Å²) in [7, 11) is 0. The van der Waals surface area contributed by atoms with Crippen LogP contribution in [-0.4, -0.2) is 12.7 Å². The van der Waals surface area contributed by atoms with E-state index in [1.54, 1.807) is 12.1 Å². The van der Waals surface area contributed by atoms with Crippen molar-refractivity contribution in [2.75, 3.05) is 0 Å². The summed E-state index contributed by atoms with van der Waals surface area (Å²) in [6.07, 6.45) is 6.40. The Morgan fingerprint density at radius 1 is 1.15 bits per heavy atom. The molecule has 1 N–H and O–H groups in total. The molecule has 1 aromatic rings. The third-order valence-electron chi connectivity index (χ3n) is 4.17. The van der Waals surface area contributed by atoms with E-state index in [2.05, 4.69) is 17.0 Å². The highest BCUT2D eigenvalue weighted by atomic mass is 19.3. The van der Waals surface area contributed by atoms with Crippen LogP contribution in [0.5, 0.6) is 5.75 Å². The normalized spacial score (nSPS) is 23.0. The molecule has 1 fully saturated rings. The first kappa shape index (κ1) is 15.2. The quantitative estimate of drug-likeness (QED) is 0.838. The highest BCUT2D eigenvalue weighted by Gasteiger charge is 2.19. The van der Waals surface area contributed by atoms with Crippen molar-refractivity contribution in [3.8, 4) is 5.75 Å². The van der Waals surface area contributed by atoms with Crippen molar-refractivity contribution in [2.45, 2.75) is 58.2 Å². The summed E-state index contributed by atoms with van der Waals surface area (Å²) in [5.41, 5.74) is 1.10. The average molecular weight is 283 g/mol. The highest BCUT2D eigenvalue weighted by Crippen LogP contribution is 2.26. The third-order valence-corrected chi connectivity index (χ3v) is 4.17. The predicted octanol–water partition coefficient (Wildman–Crippen LogP) is 4.35. The molecule has 0 spiro atoms. The van der Waals surface area contributed by atoms with E-state index >= 15 is 0 Å². The van der Waals surface area contributed by atoms with Crippen molar-refractivity contribution in [3.63, 3.8) is 0 Å². The lowest BCUT2D eigenvalue weighted by Gasteiger charge is -2.28. The van der Waals surface area contributed by atoms with Gasteiger partial charge in [0.1, 0.15) is 5.75 Å². The molecule has 0 atom stereocenters. The lowest BCUT2D eigenvalue weighted by Crippen LogP contribution is -2.32. The Balaban J connectivity index is 1.74. The maximum absolute atomic E-state index is 12.0. The second-order valence-corrected chi connectivity index (χ2v) is 5.53. The first-order valence-electron chi connectivity index (χ1n) is 7.44. The molecule has 4 heteroatoms. The zero-order chi connectivity index (χ0) is 14.4. The van der Waals surface area contributed by atoms with Crippen LogP contribution in [0.4, 0.5) is 8.78 Å². The van der Waals surface area contributed by atoms with Crippen LogP contribution in [0, 0.1) is 5.92 Å². The summed E-state index contributed by atoms with van der Waals surface area (Å²) in [5.74, 6) is 1.12. The lowest BCUT2D eigenvalue weighted by molar-refractivity contribution is -0.0498. The highest BCUT2D eigenvalue weighted by molar-refractivity contribution is 5.27. The number of rotatable bonds is 6. The number of ether oxygens (including phenoxy) is 1. The van der Waals surface area contributed by atoms with Gasteiger partial charge in [-0.3, -0.25) is 0 Å². The summed E-state index contributed by atoms with van der Waals surface area (Å²) in [6.45, 7) is 0.297. The third kappa shape index (κ3) is 4.75. The fraction of sp³-hybridized carbons (Fsp3) is 0.625. The van der Waals surface area contributed by atoms with Gasteiger partial charge in [-0.25, -0.2) is 0 Å². The minimum Gasteiger partial charge on any atom is -0.435 e. The van der Waals surface area contributed by atoms with Crippen LogP contribution in [0.3, 0.4) is 0 Å². The second-order valence-electron chi connectivity index (χ2n) is 5.53. The lowest BCUT2D eigenvalue weighted by atomic mass is 9.84. The second kappa shape index (κ2) is 7.58. The van der Waals surface area contributed by atoms with Gasteiger partial charge in [-0.05, 0) is 49.3 Å². The molecule has 20 heavy (non-hydrogen) atoms. The van der Waals surface area contributed by atoms with Crippen LogP contribution >= 0.6 is 0 Å². The predicted molar refractivity (Wildman–Crippen MR) is 76.0 cm³/mol. The fourth-order valence-electron chi connectivity index (χ4n) is 2.83. The van der Waals surface area contributed by atoms with Crippen LogP contribution in [0.15, 0.2) is 24.3 Å². The van der Waals surface area contributed by atoms with Gasteiger partial charge in [-0.2, -0.15) is 8.78 Å². The molecule has 0 bridgehead atoms. The number of hydrogen-bond acceptors (Lipinski definition) is 2. The molecule has 112 valence electrons. The first-order valence-corrected chi connectivity index (χ1v) is 7.44. The van der Waals surface area contributed by atoms with E-state index < -0.39 is 6.61 Å². The van der Waals surface area contributed by atoms with Gasteiger partial charge in [0.25, 0.3) is 0 Å². The van der Waals surface area contributed by atoms with E-state index in [0.717, 1.165) is 18.0 Å². The van der Waals surface area contributed by atoms with Crippen LogP contribution in [-0.2, 0) is 6.54 Å². The van der Waals surface area contributed by atoms with Gasteiger partial charge >= 0.3 is 6.61 Å². The van der Waals surface area contributed by atoms with Crippen LogP contribution in [0.25, 0.3) is 0 Å². The van der Waals surface area contributed by atoms with Crippen molar-refractivity contribution in [3.05, 3.63) is 29.8 Å². The molecule has 1 aromatic carbocycles. The van der Waals surface area contributed by atoms with E-state index in [1.165, 1.54) is 32.1 Å². The molecule has 0 aromatic heterocycles. The summed E-state index contributed by atoms with van der Waals surface area (Å²) in [5, 5.41) is 3.55. The monoisotopic (exact) mass is 283 g/mol. The zero-order valence-electron chi connectivity index (χ0n) is 11.9. The Bertz CT molecular complexity index is 386. The van der Waals surface area contributed by atoms with Gasteiger partial charge in [0.2, 0.25) is 0 Å². The van der Waals surface area contributed by atoms with Gasteiger partial charge in [0.05, 0.1) is 0 Å². The number of benzene rings is 1. The number of hydrogen-bond donors (Lipinski definition) is 1. The van der Waals surface area contributed by atoms with E-state index in [0.29, 0.717) is 6.04 Å². The van der Waals surface area contributed by atoms with E-state index in [1.807, 2.05) is 12.1 Å². The van der Waals surface area contributed by atoms with Crippen molar-refractivity contribution in [1.29, 1.82) is 0 Å². The molecule has 2 rings (SSSR count). The molecular weight excluding hydrogens is 260 g/mol. The Labute approximate surface area is 119 Å². The molecule has 1 aliphatic carbocycles. The topological polar surface area (TPSA) is 21.3 Å². The van der Waals surface area contributed by atoms with Crippen molar-refractivity contribution in [2.24, 2.45) is 5.92 Å². The largest absolute Gasteiger partial charge is 0.435 e. The van der Waals surface area contributed by atoms with E-state index in [9.17, 15) is 8.78 Å². The smallest absolute Gasteiger partial charge is 0.387 e. The number of alkyl halides is 2. The summed E-state index contributed by atoms with van der Waals surface area (Å²) < 4.78 is 28.4. The van der Waals surface area contributed by atoms with Crippen molar-refractivity contribution >= 4 is 0 Å². The minimum atomic E-state index is -2.76. The molecule has 1 saturated carbocycles. The SMILES string of the molecule is CCC1CCC(NCc2ccc(OC(F)F)cc2)CC1. The Morgan fingerprint density at radius 3 is 2.35 bits per heavy atom. The van der Waals surface area contributed by atoms with Crippen LogP contribution < -0.4 is 10.1 Å². The molecule has 0 radical (unpaired) electrons. The number of nitrogens with one attached hydrogen (secondary N) is 1. The molecule has 1 aliphatic rings.